The average molecular weight is 399 g/mol. The summed E-state index contributed by atoms with van der Waals surface area (Å²) in [7, 11) is 0. The lowest BCUT2D eigenvalue weighted by atomic mass is 9.83. The van der Waals surface area contributed by atoms with E-state index in [1.807, 2.05) is 13.8 Å². The Balaban J connectivity index is 1.53. The fourth-order valence-corrected chi connectivity index (χ4v) is 3.75. The van der Waals surface area contributed by atoms with Gasteiger partial charge >= 0.3 is 5.97 Å². The quantitative estimate of drug-likeness (QED) is 0.687. The molecule has 2 aromatic heterocycles. The Hall–Kier alpha value is -3.22. The molecule has 10 heteroatoms. The van der Waals surface area contributed by atoms with Gasteiger partial charge in [0.1, 0.15) is 5.54 Å². The molecule has 0 aromatic carbocycles. The first-order chi connectivity index (χ1) is 13.8. The van der Waals surface area contributed by atoms with Gasteiger partial charge in [0.2, 0.25) is 5.95 Å². The number of rotatable bonds is 6. The first-order valence-electron chi connectivity index (χ1n) is 9.70. The number of ether oxygens (including phenoxy) is 1. The Morgan fingerprint density at radius 2 is 2.00 bits per heavy atom. The van der Waals surface area contributed by atoms with Crippen molar-refractivity contribution in [3.05, 3.63) is 17.0 Å². The first kappa shape index (κ1) is 20.5. The van der Waals surface area contributed by atoms with Gasteiger partial charge in [0.25, 0.3) is 11.7 Å². The van der Waals surface area contributed by atoms with Gasteiger partial charge in [-0.15, -0.1) is 5.10 Å². The number of amides is 1. The van der Waals surface area contributed by atoms with Gasteiger partial charge in [-0.25, -0.2) is 4.98 Å². The summed E-state index contributed by atoms with van der Waals surface area (Å²) in [4.78, 5) is 32.6. The molecular weight excluding hydrogens is 374 g/mol. The zero-order valence-corrected chi connectivity index (χ0v) is 16.7. The number of anilines is 1. The van der Waals surface area contributed by atoms with Crippen LogP contribution in [-0.2, 0) is 20.7 Å². The van der Waals surface area contributed by atoms with Crippen LogP contribution in [-0.4, -0.2) is 43.6 Å². The number of aromatic nitrogens is 4. The van der Waals surface area contributed by atoms with Crippen molar-refractivity contribution in [3.63, 3.8) is 0 Å². The molecule has 0 radical (unpaired) electrons. The van der Waals surface area contributed by atoms with Gasteiger partial charge in [0, 0.05) is 17.8 Å². The summed E-state index contributed by atoms with van der Waals surface area (Å²) in [6.45, 7) is 3.30. The van der Waals surface area contributed by atoms with Gasteiger partial charge in [-0.05, 0) is 38.7 Å². The molecule has 1 saturated carbocycles. The number of nitrogen functional groups attached to an aromatic ring is 1. The van der Waals surface area contributed by atoms with Crippen LogP contribution < -0.4 is 11.1 Å². The Labute approximate surface area is 168 Å². The van der Waals surface area contributed by atoms with Gasteiger partial charge in [0.05, 0.1) is 6.07 Å². The Morgan fingerprint density at radius 3 is 2.69 bits per heavy atom. The Kier molecular flexibility index (Phi) is 5.96. The molecule has 3 rings (SSSR count). The molecule has 1 amide bonds. The molecule has 0 atom stereocenters. The molecule has 1 aliphatic rings. The SMILES string of the molecule is Cc1nc2nc(N)nn2c(C)c1CCC(=O)OCC(=O)NC1(C#N)CCCCC1. The van der Waals surface area contributed by atoms with Crippen LogP contribution in [0.4, 0.5) is 5.95 Å². The van der Waals surface area contributed by atoms with Crippen molar-refractivity contribution in [2.45, 2.75) is 64.3 Å². The summed E-state index contributed by atoms with van der Waals surface area (Å²) in [5, 5.41) is 16.2. The summed E-state index contributed by atoms with van der Waals surface area (Å²) in [5.74, 6) is -0.396. The number of aryl methyl sites for hydroxylation is 2. The molecule has 0 saturated heterocycles. The van der Waals surface area contributed by atoms with Crippen molar-refractivity contribution in [1.29, 1.82) is 5.26 Å². The number of fused-ring (bicyclic) bond motifs is 1. The zero-order chi connectivity index (χ0) is 21.0. The number of nitrogens with zero attached hydrogens (tertiary/aromatic N) is 5. The topological polar surface area (TPSA) is 148 Å². The molecule has 0 unspecified atom stereocenters. The van der Waals surface area contributed by atoms with Crippen molar-refractivity contribution in [3.8, 4) is 6.07 Å². The summed E-state index contributed by atoms with van der Waals surface area (Å²) in [6, 6.07) is 2.21. The van der Waals surface area contributed by atoms with Crippen molar-refractivity contribution in [2.75, 3.05) is 12.3 Å². The van der Waals surface area contributed by atoms with Crippen LogP contribution in [0.1, 0.15) is 55.5 Å². The zero-order valence-electron chi connectivity index (χ0n) is 16.7. The standard InChI is InChI=1S/C19H25N7O3/c1-12-14(13(2)26-18(22-12)23-17(21)25-26)6-7-16(28)29-10-15(27)24-19(11-20)8-4-3-5-9-19/h3-10H2,1-2H3,(H2,21,25)(H,24,27). The van der Waals surface area contributed by atoms with E-state index >= 15 is 0 Å². The molecule has 0 spiro atoms. The number of carbonyl (C=O) groups excluding carboxylic acids is 2. The van der Waals surface area contributed by atoms with Gasteiger partial charge < -0.3 is 15.8 Å². The van der Waals surface area contributed by atoms with Crippen molar-refractivity contribution in [2.24, 2.45) is 0 Å². The number of esters is 1. The Bertz CT molecular complexity index is 970. The lowest BCUT2D eigenvalue weighted by molar-refractivity contribution is -0.149. The van der Waals surface area contributed by atoms with Crippen molar-refractivity contribution in [1.82, 2.24) is 24.9 Å². The number of nitriles is 1. The van der Waals surface area contributed by atoms with E-state index in [1.54, 1.807) is 4.52 Å². The summed E-state index contributed by atoms with van der Waals surface area (Å²) in [6.07, 6.45) is 4.62. The molecule has 0 aliphatic heterocycles. The maximum absolute atomic E-state index is 12.1. The lowest BCUT2D eigenvalue weighted by Gasteiger charge is -2.31. The second kappa shape index (κ2) is 8.43. The van der Waals surface area contributed by atoms with E-state index in [9.17, 15) is 14.9 Å². The minimum absolute atomic E-state index is 0.0930. The second-order valence-electron chi connectivity index (χ2n) is 7.41. The fourth-order valence-electron chi connectivity index (χ4n) is 3.75. The van der Waals surface area contributed by atoms with Crippen LogP contribution in [0.25, 0.3) is 5.78 Å². The van der Waals surface area contributed by atoms with Crippen molar-refractivity contribution < 1.29 is 14.3 Å². The van der Waals surface area contributed by atoms with E-state index < -0.39 is 24.0 Å². The Morgan fingerprint density at radius 1 is 1.28 bits per heavy atom. The summed E-state index contributed by atoms with van der Waals surface area (Å²) < 4.78 is 6.64. The van der Waals surface area contributed by atoms with Crippen LogP contribution in [0, 0.1) is 25.2 Å². The van der Waals surface area contributed by atoms with Crippen LogP contribution in [0.5, 0.6) is 0 Å². The predicted molar refractivity (Wildman–Crippen MR) is 104 cm³/mol. The highest BCUT2D eigenvalue weighted by Crippen LogP contribution is 2.27. The van der Waals surface area contributed by atoms with E-state index in [-0.39, 0.29) is 12.4 Å². The van der Waals surface area contributed by atoms with E-state index in [1.165, 1.54) is 0 Å². The molecule has 1 aliphatic carbocycles. The second-order valence-corrected chi connectivity index (χ2v) is 7.41. The van der Waals surface area contributed by atoms with Crippen LogP contribution in [0.3, 0.4) is 0 Å². The number of carbonyl (C=O) groups is 2. The molecule has 2 heterocycles. The van der Waals surface area contributed by atoms with E-state index in [0.29, 0.717) is 25.0 Å². The third-order valence-corrected chi connectivity index (χ3v) is 5.31. The normalized spacial score (nSPS) is 15.6. The van der Waals surface area contributed by atoms with Gasteiger partial charge in [-0.3, -0.25) is 9.59 Å². The van der Waals surface area contributed by atoms with E-state index in [2.05, 4.69) is 26.5 Å². The molecule has 0 bridgehead atoms. The first-order valence-corrected chi connectivity index (χ1v) is 9.70. The van der Waals surface area contributed by atoms with E-state index in [0.717, 1.165) is 36.2 Å². The fraction of sp³-hybridized carbons (Fsp3) is 0.579. The molecular formula is C19H25N7O3. The molecule has 10 nitrogen and oxygen atoms in total. The maximum Gasteiger partial charge on any atom is 0.306 e. The van der Waals surface area contributed by atoms with Gasteiger partial charge in [-0.2, -0.15) is 14.8 Å². The molecule has 29 heavy (non-hydrogen) atoms. The lowest BCUT2D eigenvalue weighted by Crippen LogP contribution is -2.50. The van der Waals surface area contributed by atoms with Crippen LogP contribution in [0.2, 0.25) is 0 Å². The summed E-state index contributed by atoms with van der Waals surface area (Å²) >= 11 is 0. The average Bonchev–Trinajstić information content (AvgIpc) is 3.07. The largest absolute Gasteiger partial charge is 0.456 e. The summed E-state index contributed by atoms with van der Waals surface area (Å²) in [5.41, 5.74) is 7.18. The molecule has 2 aromatic rings. The minimum Gasteiger partial charge on any atom is -0.456 e. The molecule has 3 N–H and O–H groups in total. The highest BCUT2D eigenvalue weighted by Gasteiger charge is 2.33. The maximum atomic E-state index is 12.1. The predicted octanol–water partition coefficient (Wildman–Crippen LogP) is 1.14. The smallest absolute Gasteiger partial charge is 0.306 e. The van der Waals surface area contributed by atoms with Gasteiger partial charge in [-0.1, -0.05) is 19.3 Å². The highest BCUT2D eigenvalue weighted by atomic mass is 16.5. The number of nitrogens with two attached hydrogens (primary N) is 1. The number of hydrogen-bond donors (Lipinski definition) is 2. The third kappa shape index (κ3) is 4.62. The van der Waals surface area contributed by atoms with Crippen molar-refractivity contribution >= 4 is 23.6 Å². The van der Waals surface area contributed by atoms with E-state index in [4.69, 9.17) is 10.5 Å². The minimum atomic E-state index is -0.837. The number of hydrogen-bond acceptors (Lipinski definition) is 8. The van der Waals surface area contributed by atoms with Crippen LogP contribution in [0.15, 0.2) is 0 Å². The van der Waals surface area contributed by atoms with Crippen LogP contribution >= 0.6 is 0 Å². The molecule has 1 fully saturated rings. The van der Waals surface area contributed by atoms with Gasteiger partial charge in [0.15, 0.2) is 6.61 Å². The highest BCUT2D eigenvalue weighted by molar-refractivity contribution is 5.81. The molecule has 154 valence electrons. The third-order valence-electron chi connectivity index (χ3n) is 5.31. The monoisotopic (exact) mass is 399 g/mol. The number of nitrogens with one attached hydrogen (secondary N) is 1.